The van der Waals surface area contributed by atoms with E-state index >= 15 is 0 Å². The largest absolute Gasteiger partial charge is 0.336 e. The Hall–Kier alpha value is -2.17. The fourth-order valence-corrected chi connectivity index (χ4v) is 1.69. The molecule has 0 unspecified atom stereocenters. The number of amides is 2. The number of benzene rings is 1. The number of nitrogens with zero attached hydrogens (tertiary/aromatic N) is 1. The van der Waals surface area contributed by atoms with Crippen molar-refractivity contribution in [3.63, 3.8) is 0 Å². The number of hydrogen-bond acceptors (Lipinski definition) is 3. The van der Waals surface area contributed by atoms with Crippen LogP contribution in [0.15, 0.2) is 24.3 Å². The van der Waals surface area contributed by atoms with Crippen molar-refractivity contribution in [3.05, 3.63) is 29.8 Å². The first kappa shape index (κ1) is 14.9. The van der Waals surface area contributed by atoms with Crippen molar-refractivity contribution in [2.75, 3.05) is 18.4 Å². The summed E-state index contributed by atoms with van der Waals surface area (Å²) in [5.74, 6) is -1.21. The van der Waals surface area contributed by atoms with E-state index in [9.17, 15) is 14.4 Å². The number of rotatable bonds is 5. The van der Waals surface area contributed by atoms with Crippen LogP contribution in [0.4, 0.5) is 5.69 Å². The molecule has 2 amide bonds. The molecule has 0 heterocycles. The van der Waals surface area contributed by atoms with Crippen LogP contribution in [0, 0.1) is 0 Å². The molecule has 1 N–H and O–H groups in total. The predicted molar refractivity (Wildman–Crippen MR) is 73.0 cm³/mol. The van der Waals surface area contributed by atoms with Crippen LogP contribution in [0.5, 0.6) is 0 Å². The summed E-state index contributed by atoms with van der Waals surface area (Å²) in [6.45, 7) is 6.07. The second-order valence-electron chi connectivity index (χ2n) is 4.07. The number of Topliss-reactive ketones (excluding diaryl/α,β-unsaturated/α-hetero) is 1. The molecular formula is C14H18N2O3. The van der Waals surface area contributed by atoms with E-state index < -0.39 is 11.7 Å². The van der Waals surface area contributed by atoms with Gasteiger partial charge in [0.15, 0.2) is 0 Å². The summed E-state index contributed by atoms with van der Waals surface area (Å²) in [7, 11) is 0. The lowest BCUT2D eigenvalue weighted by Crippen LogP contribution is -2.36. The van der Waals surface area contributed by atoms with E-state index in [0.29, 0.717) is 24.3 Å². The first-order valence-electron chi connectivity index (χ1n) is 6.20. The van der Waals surface area contributed by atoms with E-state index in [1.807, 2.05) is 13.8 Å². The summed E-state index contributed by atoms with van der Waals surface area (Å²) in [5, 5.41) is 2.60. The van der Waals surface area contributed by atoms with Crippen molar-refractivity contribution in [2.24, 2.45) is 0 Å². The third-order valence-corrected chi connectivity index (χ3v) is 2.71. The quantitative estimate of drug-likeness (QED) is 0.648. The van der Waals surface area contributed by atoms with Gasteiger partial charge in [0.05, 0.1) is 0 Å². The van der Waals surface area contributed by atoms with Gasteiger partial charge < -0.3 is 10.2 Å². The van der Waals surface area contributed by atoms with E-state index in [-0.39, 0.29) is 5.91 Å². The molecule has 0 saturated heterocycles. The van der Waals surface area contributed by atoms with Crippen LogP contribution < -0.4 is 5.32 Å². The van der Waals surface area contributed by atoms with Crippen LogP contribution in [-0.4, -0.2) is 35.6 Å². The van der Waals surface area contributed by atoms with Crippen LogP contribution in [0.1, 0.15) is 31.1 Å². The number of likely N-dealkylation sites (N-methyl/N-ethyl adjacent to an activating group) is 1. The molecule has 0 aliphatic rings. The highest BCUT2D eigenvalue weighted by Crippen LogP contribution is 2.11. The van der Waals surface area contributed by atoms with Gasteiger partial charge in [0.1, 0.15) is 0 Å². The Balaban J connectivity index is 2.83. The number of anilines is 1. The van der Waals surface area contributed by atoms with Gasteiger partial charge in [0, 0.05) is 31.3 Å². The highest BCUT2D eigenvalue weighted by molar-refractivity contribution is 6.42. The highest BCUT2D eigenvalue weighted by atomic mass is 16.2. The fourth-order valence-electron chi connectivity index (χ4n) is 1.69. The van der Waals surface area contributed by atoms with Gasteiger partial charge in [-0.2, -0.15) is 0 Å². The van der Waals surface area contributed by atoms with E-state index in [2.05, 4.69) is 5.32 Å². The van der Waals surface area contributed by atoms with Gasteiger partial charge in [-0.15, -0.1) is 0 Å². The van der Waals surface area contributed by atoms with Gasteiger partial charge in [0.2, 0.25) is 11.7 Å². The average molecular weight is 262 g/mol. The molecule has 0 atom stereocenters. The van der Waals surface area contributed by atoms with Crippen molar-refractivity contribution in [2.45, 2.75) is 20.8 Å². The molecule has 1 rings (SSSR count). The number of hydrogen-bond donors (Lipinski definition) is 1. The van der Waals surface area contributed by atoms with Gasteiger partial charge in [0.25, 0.3) is 5.91 Å². The predicted octanol–water partition coefficient (Wildman–Crippen LogP) is 1.70. The van der Waals surface area contributed by atoms with Crippen LogP contribution >= 0.6 is 0 Å². The minimum absolute atomic E-state index is 0.182. The van der Waals surface area contributed by atoms with Crippen LogP contribution in [0.2, 0.25) is 0 Å². The lowest BCUT2D eigenvalue weighted by Gasteiger charge is -2.17. The lowest BCUT2D eigenvalue weighted by molar-refractivity contribution is -0.126. The van der Waals surface area contributed by atoms with Crippen molar-refractivity contribution < 1.29 is 14.4 Å². The Morgan fingerprint density at radius 3 is 2.00 bits per heavy atom. The zero-order chi connectivity index (χ0) is 14.4. The SMILES string of the molecule is CCN(CC)C(=O)C(=O)c1ccc(NC(C)=O)cc1. The highest BCUT2D eigenvalue weighted by Gasteiger charge is 2.20. The van der Waals surface area contributed by atoms with Crippen molar-refractivity contribution >= 4 is 23.3 Å². The Bertz CT molecular complexity index is 476. The molecule has 0 aliphatic carbocycles. The van der Waals surface area contributed by atoms with Crippen molar-refractivity contribution in [1.29, 1.82) is 0 Å². The maximum atomic E-state index is 12.0. The number of nitrogens with one attached hydrogen (secondary N) is 1. The molecule has 0 radical (unpaired) electrons. The third kappa shape index (κ3) is 3.91. The van der Waals surface area contributed by atoms with Crippen LogP contribution in [-0.2, 0) is 9.59 Å². The maximum Gasteiger partial charge on any atom is 0.294 e. The number of ketones is 1. The van der Waals surface area contributed by atoms with E-state index in [0.717, 1.165) is 0 Å². The molecule has 0 fully saturated rings. The minimum atomic E-state index is -0.530. The molecule has 102 valence electrons. The zero-order valence-electron chi connectivity index (χ0n) is 11.4. The standard InChI is InChI=1S/C14H18N2O3/c1-4-16(5-2)14(19)13(18)11-6-8-12(9-7-11)15-10(3)17/h6-9H,4-5H2,1-3H3,(H,15,17). The lowest BCUT2D eigenvalue weighted by atomic mass is 10.1. The molecule has 19 heavy (non-hydrogen) atoms. The molecule has 0 spiro atoms. The Morgan fingerprint density at radius 1 is 1.05 bits per heavy atom. The summed E-state index contributed by atoms with van der Waals surface area (Å²) < 4.78 is 0. The number of carbonyl (C=O) groups is 3. The van der Waals surface area contributed by atoms with Gasteiger partial charge in [-0.3, -0.25) is 14.4 Å². The van der Waals surface area contributed by atoms with Crippen molar-refractivity contribution in [1.82, 2.24) is 4.90 Å². The molecule has 5 heteroatoms. The summed E-state index contributed by atoms with van der Waals surface area (Å²) >= 11 is 0. The van der Waals surface area contributed by atoms with E-state index in [1.165, 1.54) is 24.0 Å². The van der Waals surface area contributed by atoms with E-state index in [4.69, 9.17) is 0 Å². The van der Waals surface area contributed by atoms with Gasteiger partial charge in [-0.05, 0) is 38.1 Å². The summed E-state index contributed by atoms with van der Waals surface area (Å²) in [6, 6.07) is 6.28. The smallest absolute Gasteiger partial charge is 0.294 e. The summed E-state index contributed by atoms with van der Waals surface area (Å²) in [4.78, 5) is 36.2. The Labute approximate surface area is 112 Å². The topological polar surface area (TPSA) is 66.5 Å². The monoisotopic (exact) mass is 262 g/mol. The third-order valence-electron chi connectivity index (χ3n) is 2.71. The molecule has 1 aromatic rings. The molecule has 1 aromatic carbocycles. The fraction of sp³-hybridized carbons (Fsp3) is 0.357. The molecule has 0 aliphatic heterocycles. The van der Waals surface area contributed by atoms with Gasteiger partial charge >= 0.3 is 0 Å². The zero-order valence-corrected chi connectivity index (χ0v) is 11.4. The molecule has 5 nitrogen and oxygen atoms in total. The molecule has 0 saturated carbocycles. The van der Waals surface area contributed by atoms with Gasteiger partial charge in [-0.25, -0.2) is 0 Å². The normalized spacial score (nSPS) is 9.84. The molecular weight excluding hydrogens is 244 g/mol. The second-order valence-corrected chi connectivity index (χ2v) is 4.07. The molecule has 0 bridgehead atoms. The first-order chi connectivity index (χ1) is 8.99. The Kier molecular flexibility index (Phi) is 5.23. The van der Waals surface area contributed by atoms with Crippen LogP contribution in [0.25, 0.3) is 0 Å². The minimum Gasteiger partial charge on any atom is -0.336 e. The average Bonchev–Trinajstić information content (AvgIpc) is 2.39. The molecule has 0 aromatic heterocycles. The number of carbonyl (C=O) groups excluding carboxylic acids is 3. The summed E-state index contributed by atoms with van der Waals surface area (Å²) in [6.07, 6.45) is 0. The maximum absolute atomic E-state index is 12.0. The first-order valence-corrected chi connectivity index (χ1v) is 6.20. The van der Waals surface area contributed by atoms with Crippen molar-refractivity contribution in [3.8, 4) is 0 Å². The van der Waals surface area contributed by atoms with Crippen LogP contribution in [0.3, 0.4) is 0 Å². The van der Waals surface area contributed by atoms with Gasteiger partial charge in [-0.1, -0.05) is 0 Å². The second kappa shape index (κ2) is 6.68. The Morgan fingerprint density at radius 2 is 1.58 bits per heavy atom. The summed E-state index contributed by atoms with van der Waals surface area (Å²) in [5.41, 5.74) is 0.922. The van der Waals surface area contributed by atoms with E-state index in [1.54, 1.807) is 12.1 Å².